The summed E-state index contributed by atoms with van der Waals surface area (Å²) < 4.78 is 1.68. The summed E-state index contributed by atoms with van der Waals surface area (Å²) in [5, 5.41) is 1.08. The Kier molecular flexibility index (Phi) is 1.31. The van der Waals surface area contributed by atoms with Crippen LogP contribution in [-0.2, 0) is 0 Å². The molecule has 1 aromatic carbocycles. The highest BCUT2D eigenvalue weighted by Gasteiger charge is 2.02. The average Bonchev–Trinajstić information content (AvgIpc) is 2.57. The van der Waals surface area contributed by atoms with Crippen molar-refractivity contribution in [3.63, 3.8) is 0 Å². The van der Waals surface area contributed by atoms with Gasteiger partial charge in [0.05, 0.1) is 5.52 Å². The molecule has 0 radical (unpaired) electrons. The van der Waals surface area contributed by atoms with E-state index >= 15 is 0 Å². The van der Waals surface area contributed by atoms with Gasteiger partial charge in [-0.05, 0) is 12.1 Å². The minimum Gasteiger partial charge on any atom is -0.347 e. The number of fused-ring (bicyclic) bond motifs is 3. The second kappa shape index (κ2) is 2.48. The Balaban J connectivity index is 2.73. The van der Waals surface area contributed by atoms with Crippen molar-refractivity contribution < 1.29 is 0 Å². The zero-order valence-electron chi connectivity index (χ0n) is 7.40. The van der Waals surface area contributed by atoms with Crippen LogP contribution in [0, 0.1) is 0 Å². The lowest BCUT2D eigenvalue weighted by molar-refractivity contribution is 1.11. The first-order valence-corrected chi connectivity index (χ1v) is 4.44. The lowest BCUT2D eigenvalue weighted by atomic mass is 10.2. The van der Waals surface area contributed by atoms with E-state index in [4.69, 9.17) is 0 Å². The van der Waals surface area contributed by atoms with Gasteiger partial charge in [-0.1, -0.05) is 18.2 Å². The molecule has 1 N–H and O–H groups in total. The van der Waals surface area contributed by atoms with E-state index in [1.807, 2.05) is 30.3 Å². The SMILES string of the molecule is O=c1cc[nH]c2cc3ccccc3n12. The van der Waals surface area contributed by atoms with Crippen LogP contribution in [0.5, 0.6) is 0 Å². The van der Waals surface area contributed by atoms with Gasteiger partial charge in [-0.25, -0.2) is 0 Å². The molecule has 14 heavy (non-hydrogen) atoms. The largest absolute Gasteiger partial charge is 0.347 e. The Labute approximate surface area is 79.6 Å². The molecule has 0 spiro atoms. The van der Waals surface area contributed by atoms with Crippen molar-refractivity contribution in [1.82, 2.24) is 9.38 Å². The van der Waals surface area contributed by atoms with Crippen LogP contribution in [-0.4, -0.2) is 9.38 Å². The number of aromatic amines is 1. The fourth-order valence-corrected chi connectivity index (χ4v) is 1.77. The molecule has 0 saturated carbocycles. The number of hydrogen-bond donors (Lipinski definition) is 1. The number of para-hydroxylation sites is 1. The summed E-state index contributed by atoms with van der Waals surface area (Å²) in [7, 11) is 0. The van der Waals surface area contributed by atoms with E-state index < -0.39 is 0 Å². The van der Waals surface area contributed by atoms with Gasteiger partial charge in [0.2, 0.25) is 0 Å². The van der Waals surface area contributed by atoms with Crippen molar-refractivity contribution in [2.75, 3.05) is 0 Å². The Morgan fingerprint density at radius 2 is 2.00 bits per heavy atom. The maximum Gasteiger partial charge on any atom is 0.258 e. The minimum absolute atomic E-state index is 0.0000463. The fraction of sp³-hybridized carbons (Fsp3) is 0. The third kappa shape index (κ3) is 0.836. The van der Waals surface area contributed by atoms with E-state index in [9.17, 15) is 4.79 Å². The topological polar surface area (TPSA) is 37.3 Å². The molecule has 2 heterocycles. The maximum atomic E-state index is 11.6. The molecule has 0 unspecified atom stereocenters. The van der Waals surface area contributed by atoms with Crippen LogP contribution in [0.1, 0.15) is 0 Å². The maximum absolute atomic E-state index is 11.6. The van der Waals surface area contributed by atoms with Crippen LogP contribution in [0.25, 0.3) is 16.6 Å². The van der Waals surface area contributed by atoms with Crippen molar-refractivity contribution in [3.8, 4) is 0 Å². The van der Waals surface area contributed by atoms with Crippen LogP contribution < -0.4 is 5.56 Å². The standard InChI is InChI=1S/C11H8N2O/c14-11-5-6-12-10-7-8-3-1-2-4-9(8)13(10)11/h1-7,12H. The van der Waals surface area contributed by atoms with Gasteiger partial charge in [-0.2, -0.15) is 0 Å². The third-order valence-electron chi connectivity index (χ3n) is 2.39. The van der Waals surface area contributed by atoms with Crippen LogP contribution in [0.4, 0.5) is 0 Å². The van der Waals surface area contributed by atoms with Crippen LogP contribution >= 0.6 is 0 Å². The number of hydrogen-bond acceptors (Lipinski definition) is 1. The summed E-state index contributed by atoms with van der Waals surface area (Å²) in [4.78, 5) is 14.6. The van der Waals surface area contributed by atoms with Gasteiger partial charge in [-0.15, -0.1) is 0 Å². The lowest BCUT2D eigenvalue weighted by Gasteiger charge is -1.93. The molecule has 0 saturated heterocycles. The summed E-state index contributed by atoms with van der Waals surface area (Å²) in [5.41, 5.74) is 1.78. The van der Waals surface area contributed by atoms with Gasteiger partial charge in [-0.3, -0.25) is 9.20 Å². The summed E-state index contributed by atoms with van der Waals surface area (Å²) in [6.07, 6.45) is 1.66. The number of nitrogens with zero attached hydrogens (tertiary/aromatic N) is 1. The van der Waals surface area contributed by atoms with Gasteiger partial charge in [0, 0.05) is 17.6 Å². The summed E-state index contributed by atoms with van der Waals surface area (Å²) in [5.74, 6) is 0. The molecule has 3 rings (SSSR count). The van der Waals surface area contributed by atoms with Gasteiger partial charge in [0.15, 0.2) is 0 Å². The van der Waals surface area contributed by atoms with Gasteiger partial charge in [0.25, 0.3) is 5.56 Å². The zero-order chi connectivity index (χ0) is 9.54. The van der Waals surface area contributed by atoms with E-state index in [-0.39, 0.29) is 5.56 Å². The molecule has 0 aliphatic carbocycles. The highest BCUT2D eigenvalue weighted by atomic mass is 16.1. The number of nitrogens with one attached hydrogen (secondary N) is 1. The molecular formula is C11H8N2O. The van der Waals surface area contributed by atoms with Gasteiger partial charge >= 0.3 is 0 Å². The molecular weight excluding hydrogens is 176 g/mol. The van der Waals surface area contributed by atoms with Crippen LogP contribution in [0.15, 0.2) is 47.4 Å². The average molecular weight is 184 g/mol. The summed E-state index contributed by atoms with van der Waals surface area (Å²) >= 11 is 0. The number of rotatable bonds is 0. The van der Waals surface area contributed by atoms with Gasteiger partial charge < -0.3 is 4.98 Å². The van der Waals surface area contributed by atoms with E-state index in [1.165, 1.54) is 6.07 Å². The molecule has 0 atom stereocenters. The Morgan fingerprint density at radius 1 is 1.14 bits per heavy atom. The summed E-state index contributed by atoms with van der Waals surface area (Å²) in [6.45, 7) is 0. The number of benzene rings is 1. The molecule has 68 valence electrons. The molecule has 2 aromatic heterocycles. The second-order valence-electron chi connectivity index (χ2n) is 3.24. The molecule has 0 bridgehead atoms. The van der Waals surface area contributed by atoms with Crippen molar-refractivity contribution in [1.29, 1.82) is 0 Å². The van der Waals surface area contributed by atoms with Crippen molar-refractivity contribution in [3.05, 3.63) is 52.9 Å². The summed E-state index contributed by atoms with van der Waals surface area (Å²) in [6, 6.07) is 11.3. The Hall–Kier alpha value is -2.03. The highest BCUT2D eigenvalue weighted by molar-refractivity contribution is 5.85. The van der Waals surface area contributed by atoms with Crippen molar-refractivity contribution in [2.24, 2.45) is 0 Å². The van der Waals surface area contributed by atoms with Crippen LogP contribution in [0.3, 0.4) is 0 Å². The first kappa shape index (κ1) is 7.38. The minimum atomic E-state index is -0.0000463. The van der Waals surface area contributed by atoms with E-state index in [2.05, 4.69) is 4.98 Å². The first-order chi connectivity index (χ1) is 6.86. The Bertz CT molecular complexity index is 663. The van der Waals surface area contributed by atoms with Crippen LogP contribution in [0.2, 0.25) is 0 Å². The van der Waals surface area contributed by atoms with E-state index in [0.29, 0.717) is 0 Å². The first-order valence-electron chi connectivity index (χ1n) is 4.44. The normalized spacial score (nSPS) is 11.1. The number of aromatic nitrogens is 2. The molecule has 3 nitrogen and oxygen atoms in total. The quantitative estimate of drug-likeness (QED) is 0.568. The van der Waals surface area contributed by atoms with E-state index in [0.717, 1.165) is 16.6 Å². The molecule has 0 fully saturated rings. The Morgan fingerprint density at radius 3 is 2.93 bits per heavy atom. The molecule has 3 aromatic rings. The molecule has 0 amide bonds. The van der Waals surface area contributed by atoms with Gasteiger partial charge in [0.1, 0.15) is 5.65 Å². The predicted octanol–water partition coefficient (Wildman–Crippen LogP) is 1.78. The smallest absolute Gasteiger partial charge is 0.258 e. The lowest BCUT2D eigenvalue weighted by Crippen LogP contribution is -2.10. The molecule has 0 aliphatic rings. The number of H-pyrrole nitrogens is 1. The van der Waals surface area contributed by atoms with E-state index in [1.54, 1.807) is 10.6 Å². The monoisotopic (exact) mass is 184 g/mol. The van der Waals surface area contributed by atoms with Crippen molar-refractivity contribution in [2.45, 2.75) is 0 Å². The zero-order valence-corrected chi connectivity index (χ0v) is 7.40. The molecule has 3 heteroatoms. The molecule has 0 aliphatic heterocycles. The second-order valence-corrected chi connectivity index (χ2v) is 3.24. The van der Waals surface area contributed by atoms with Crippen molar-refractivity contribution >= 4 is 16.6 Å². The predicted molar refractivity (Wildman–Crippen MR) is 55.5 cm³/mol. The highest BCUT2D eigenvalue weighted by Crippen LogP contribution is 2.15. The third-order valence-corrected chi connectivity index (χ3v) is 2.39. The fourth-order valence-electron chi connectivity index (χ4n) is 1.77.